The highest BCUT2D eigenvalue weighted by atomic mass is 127. The van der Waals surface area contributed by atoms with Crippen LogP contribution in [0.4, 0.5) is 4.39 Å². The van der Waals surface area contributed by atoms with Crippen LogP contribution >= 0.6 is 24.0 Å². The van der Waals surface area contributed by atoms with Gasteiger partial charge >= 0.3 is 0 Å². The molecule has 1 aromatic carbocycles. The van der Waals surface area contributed by atoms with Crippen molar-refractivity contribution in [3.8, 4) is 5.75 Å². The molecule has 1 aliphatic heterocycles. The number of aliphatic imine (C=N–C) groups is 1. The van der Waals surface area contributed by atoms with Crippen LogP contribution in [-0.4, -0.2) is 43.6 Å². The number of hydrogen-bond donors (Lipinski definition) is 1. The largest absolute Gasteiger partial charge is 0.489 e. The second kappa shape index (κ2) is 7.52. The smallest absolute Gasteiger partial charge is 0.193 e. The van der Waals surface area contributed by atoms with Crippen LogP contribution < -0.4 is 10.1 Å². The molecule has 6 heteroatoms. The molecule has 2 rings (SSSR count). The van der Waals surface area contributed by atoms with E-state index in [4.69, 9.17) is 4.74 Å². The molecule has 1 N–H and O–H groups in total. The molecular formula is C13H19FIN3O. The lowest BCUT2D eigenvalue weighted by molar-refractivity contribution is 0.222. The number of halogens is 2. The zero-order valence-electron chi connectivity index (χ0n) is 11.1. The zero-order valence-corrected chi connectivity index (χ0v) is 13.4. The number of likely N-dealkylation sites (N-methyl/N-ethyl adjacent to an activating group) is 1. The summed E-state index contributed by atoms with van der Waals surface area (Å²) in [5.41, 5.74) is 0. The van der Waals surface area contributed by atoms with Crippen molar-refractivity contribution in [3.05, 3.63) is 30.1 Å². The number of rotatable bonds is 4. The Balaban J connectivity index is 0.00000180. The summed E-state index contributed by atoms with van der Waals surface area (Å²) in [6, 6.07) is 6.05. The summed E-state index contributed by atoms with van der Waals surface area (Å²) in [5.74, 6) is 1.33. The van der Waals surface area contributed by atoms with Crippen molar-refractivity contribution in [2.24, 2.45) is 4.99 Å². The number of hydrogen-bond acceptors (Lipinski definition) is 4. The molecule has 1 aliphatic rings. The van der Waals surface area contributed by atoms with E-state index in [-0.39, 0.29) is 35.9 Å². The first-order valence-corrected chi connectivity index (χ1v) is 6.07. The van der Waals surface area contributed by atoms with Gasteiger partial charge in [-0.05, 0) is 31.2 Å². The normalized spacial score (nSPS) is 15.5. The molecule has 1 heterocycles. The van der Waals surface area contributed by atoms with Crippen molar-refractivity contribution in [2.45, 2.75) is 13.0 Å². The lowest BCUT2D eigenvalue weighted by Crippen LogP contribution is -2.40. The van der Waals surface area contributed by atoms with E-state index >= 15 is 0 Å². The van der Waals surface area contributed by atoms with E-state index in [1.165, 1.54) is 12.1 Å². The van der Waals surface area contributed by atoms with Gasteiger partial charge in [0, 0.05) is 13.6 Å². The monoisotopic (exact) mass is 379 g/mol. The van der Waals surface area contributed by atoms with E-state index < -0.39 is 0 Å². The molecule has 0 saturated heterocycles. The Morgan fingerprint density at radius 1 is 1.42 bits per heavy atom. The van der Waals surface area contributed by atoms with E-state index in [1.807, 2.05) is 14.0 Å². The quantitative estimate of drug-likeness (QED) is 0.815. The molecule has 0 saturated carbocycles. The Morgan fingerprint density at radius 3 is 2.68 bits per heavy atom. The summed E-state index contributed by atoms with van der Waals surface area (Å²) in [5, 5.41) is 3.24. The fourth-order valence-corrected chi connectivity index (χ4v) is 1.75. The predicted molar refractivity (Wildman–Crippen MR) is 84.8 cm³/mol. The molecule has 0 amide bonds. The maximum absolute atomic E-state index is 12.7. The third-order valence-electron chi connectivity index (χ3n) is 2.76. The van der Waals surface area contributed by atoms with Crippen LogP contribution in [0.3, 0.4) is 0 Å². The summed E-state index contributed by atoms with van der Waals surface area (Å²) >= 11 is 0. The number of nitrogens with zero attached hydrogens (tertiary/aromatic N) is 2. The second-order valence-electron chi connectivity index (χ2n) is 4.39. The van der Waals surface area contributed by atoms with Crippen LogP contribution in [0.5, 0.6) is 5.75 Å². The predicted octanol–water partition coefficient (Wildman–Crippen LogP) is 2.10. The minimum Gasteiger partial charge on any atom is -0.489 e. The molecular weight excluding hydrogens is 360 g/mol. The van der Waals surface area contributed by atoms with E-state index in [9.17, 15) is 4.39 Å². The van der Waals surface area contributed by atoms with Gasteiger partial charge in [-0.2, -0.15) is 0 Å². The molecule has 1 unspecified atom stereocenters. The third kappa shape index (κ3) is 4.85. The van der Waals surface area contributed by atoms with Crippen LogP contribution in [0.25, 0.3) is 0 Å². The molecule has 1 aromatic rings. The topological polar surface area (TPSA) is 36.9 Å². The first-order valence-electron chi connectivity index (χ1n) is 6.07. The van der Waals surface area contributed by atoms with Gasteiger partial charge in [0.2, 0.25) is 0 Å². The Hall–Kier alpha value is -1.05. The second-order valence-corrected chi connectivity index (χ2v) is 4.39. The SMILES string of the molecule is CC(CNC1=NCCN1C)Oc1ccc(F)cc1.I. The van der Waals surface area contributed by atoms with Crippen LogP contribution in [0.1, 0.15) is 6.92 Å². The summed E-state index contributed by atoms with van der Waals surface area (Å²) in [6.45, 7) is 4.42. The molecule has 0 aromatic heterocycles. The highest BCUT2D eigenvalue weighted by Gasteiger charge is 2.13. The van der Waals surface area contributed by atoms with Gasteiger partial charge in [-0.3, -0.25) is 4.99 Å². The average Bonchev–Trinajstić information content (AvgIpc) is 2.75. The van der Waals surface area contributed by atoms with Crippen LogP contribution in [-0.2, 0) is 0 Å². The average molecular weight is 379 g/mol. The summed E-state index contributed by atoms with van der Waals surface area (Å²) in [4.78, 5) is 6.41. The van der Waals surface area contributed by atoms with E-state index in [1.54, 1.807) is 12.1 Å². The van der Waals surface area contributed by atoms with Crippen molar-refractivity contribution in [2.75, 3.05) is 26.7 Å². The minimum absolute atomic E-state index is 0. The molecule has 0 radical (unpaired) electrons. The lowest BCUT2D eigenvalue weighted by Gasteiger charge is -2.19. The Morgan fingerprint density at radius 2 is 2.11 bits per heavy atom. The van der Waals surface area contributed by atoms with Crippen molar-refractivity contribution >= 4 is 29.9 Å². The molecule has 0 bridgehead atoms. The molecule has 0 aliphatic carbocycles. The number of ether oxygens (including phenoxy) is 1. The third-order valence-corrected chi connectivity index (χ3v) is 2.76. The first-order chi connectivity index (χ1) is 8.65. The van der Waals surface area contributed by atoms with Gasteiger partial charge in [0.1, 0.15) is 17.7 Å². The number of benzene rings is 1. The van der Waals surface area contributed by atoms with Gasteiger partial charge in [0.25, 0.3) is 0 Å². The fraction of sp³-hybridized carbons (Fsp3) is 0.462. The van der Waals surface area contributed by atoms with E-state index in [0.29, 0.717) is 12.3 Å². The molecule has 0 spiro atoms. The van der Waals surface area contributed by atoms with Crippen molar-refractivity contribution < 1.29 is 9.13 Å². The Bertz CT molecular complexity index is 424. The van der Waals surface area contributed by atoms with Crippen molar-refractivity contribution in [3.63, 3.8) is 0 Å². The standard InChI is InChI=1S/C13H18FN3O.HI/c1-10(9-16-13-15-7-8-17(13)2)18-12-5-3-11(14)4-6-12;/h3-6,10H,7-9H2,1-2H3,(H,15,16);1H. The first kappa shape index (κ1) is 16.0. The number of guanidine groups is 1. The van der Waals surface area contributed by atoms with Gasteiger partial charge in [-0.15, -0.1) is 24.0 Å². The highest BCUT2D eigenvalue weighted by molar-refractivity contribution is 14.0. The molecule has 4 nitrogen and oxygen atoms in total. The molecule has 1 atom stereocenters. The zero-order chi connectivity index (χ0) is 13.0. The van der Waals surface area contributed by atoms with Crippen molar-refractivity contribution in [1.29, 1.82) is 0 Å². The summed E-state index contributed by atoms with van der Waals surface area (Å²) in [7, 11) is 2.00. The van der Waals surface area contributed by atoms with Gasteiger partial charge in [0.15, 0.2) is 5.96 Å². The van der Waals surface area contributed by atoms with Crippen LogP contribution in [0.2, 0.25) is 0 Å². The minimum atomic E-state index is -0.255. The van der Waals surface area contributed by atoms with Gasteiger partial charge in [-0.1, -0.05) is 0 Å². The molecule has 19 heavy (non-hydrogen) atoms. The molecule has 106 valence electrons. The maximum Gasteiger partial charge on any atom is 0.193 e. The maximum atomic E-state index is 12.7. The Labute approximate surface area is 130 Å². The van der Waals surface area contributed by atoms with Gasteiger partial charge < -0.3 is 15.0 Å². The van der Waals surface area contributed by atoms with Crippen molar-refractivity contribution in [1.82, 2.24) is 10.2 Å². The fourth-order valence-electron chi connectivity index (χ4n) is 1.75. The van der Waals surface area contributed by atoms with Gasteiger partial charge in [0.05, 0.1) is 13.1 Å². The molecule has 0 fully saturated rings. The van der Waals surface area contributed by atoms with E-state index in [2.05, 4.69) is 15.2 Å². The summed E-state index contributed by atoms with van der Waals surface area (Å²) in [6.07, 6.45) is -0.00726. The van der Waals surface area contributed by atoms with Gasteiger partial charge in [-0.25, -0.2) is 4.39 Å². The Kier molecular flexibility index (Phi) is 6.33. The number of nitrogens with one attached hydrogen (secondary N) is 1. The van der Waals surface area contributed by atoms with E-state index in [0.717, 1.165) is 19.0 Å². The summed E-state index contributed by atoms with van der Waals surface area (Å²) < 4.78 is 18.4. The van der Waals surface area contributed by atoms with Crippen LogP contribution in [0.15, 0.2) is 29.3 Å². The lowest BCUT2D eigenvalue weighted by atomic mass is 10.3. The highest BCUT2D eigenvalue weighted by Crippen LogP contribution is 2.12. The van der Waals surface area contributed by atoms with Crippen LogP contribution in [0, 0.1) is 5.82 Å².